The molecule has 39 heavy (non-hydrogen) atoms. The molecular weight excluding hydrogens is 542 g/mol. The molecule has 2 N–H and O–H groups in total. The molecule has 2 saturated heterocycles. The average molecular weight is 570 g/mol. The highest BCUT2D eigenvalue weighted by Gasteiger charge is 2.39. The minimum absolute atomic E-state index is 0.300. The van der Waals surface area contributed by atoms with Crippen LogP contribution in [0.25, 0.3) is 0 Å². The van der Waals surface area contributed by atoms with Crippen molar-refractivity contribution in [1.82, 2.24) is 24.9 Å². The molecule has 4 rings (SSSR count). The normalized spacial score (nSPS) is 19.9. The zero-order valence-corrected chi connectivity index (χ0v) is 21.0. The van der Waals surface area contributed by atoms with Crippen molar-refractivity contribution < 1.29 is 50.9 Å². The number of halogens is 6. The molecule has 0 spiro atoms. The quantitative estimate of drug-likeness (QED) is 0.531. The van der Waals surface area contributed by atoms with Crippen LogP contribution in [-0.2, 0) is 27.9 Å². The number of anilines is 1. The number of piperidine rings is 1. The molecule has 218 valence electrons. The number of carboxylic acids is 2. The minimum Gasteiger partial charge on any atom is -0.475 e. The van der Waals surface area contributed by atoms with Gasteiger partial charge in [0.2, 0.25) is 0 Å². The fourth-order valence-corrected chi connectivity index (χ4v) is 3.84. The molecule has 0 amide bonds. The van der Waals surface area contributed by atoms with Crippen LogP contribution in [0.15, 0.2) is 24.5 Å². The zero-order valence-electron chi connectivity index (χ0n) is 21.0. The monoisotopic (exact) mass is 570 g/mol. The molecule has 2 fully saturated rings. The summed E-state index contributed by atoms with van der Waals surface area (Å²) < 4.78 is 71.5. The van der Waals surface area contributed by atoms with E-state index < -0.39 is 24.3 Å². The van der Waals surface area contributed by atoms with Crippen LogP contribution < -0.4 is 4.90 Å². The second kappa shape index (κ2) is 13.5. The van der Waals surface area contributed by atoms with Crippen LogP contribution in [0.2, 0.25) is 0 Å². The largest absolute Gasteiger partial charge is 0.490 e. The van der Waals surface area contributed by atoms with Gasteiger partial charge in [-0.15, -0.1) is 5.10 Å². The van der Waals surface area contributed by atoms with Crippen LogP contribution in [-0.4, -0.2) is 98.3 Å². The molecule has 2 aromatic heterocycles. The van der Waals surface area contributed by atoms with Gasteiger partial charge in [0.05, 0.1) is 24.6 Å². The number of aryl methyl sites for hydroxylation is 2. The second-order valence-corrected chi connectivity index (χ2v) is 8.80. The Morgan fingerprint density at radius 2 is 1.64 bits per heavy atom. The number of ether oxygens (including phenoxy) is 1. The lowest BCUT2D eigenvalue weighted by atomic mass is 9.93. The van der Waals surface area contributed by atoms with Gasteiger partial charge in [0.25, 0.3) is 0 Å². The molecule has 0 bridgehead atoms. The van der Waals surface area contributed by atoms with Crippen molar-refractivity contribution in [3.63, 3.8) is 0 Å². The zero-order chi connectivity index (χ0) is 29.4. The number of carbonyl (C=O) groups is 2. The van der Waals surface area contributed by atoms with Gasteiger partial charge in [-0.1, -0.05) is 0 Å². The third-order valence-corrected chi connectivity index (χ3v) is 5.69. The highest BCUT2D eigenvalue weighted by atomic mass is 19.4. The standard InChI is InChI=1S/C18H26N6O.2C2HF3O2/c1-14-3-4-18(21-20-14)24-7-8-25-17-13-23(6-5-16(17)12-24)11-15-9-19-22(2)10-15;2*3-2(4,5)1(6)7/h3-4,9-10,16-17H,5-8,11-13H2,1-2H3;2*(H,6,7)/t16-,17-;;/m1../s1. The lowest BCUT2D eigenvalue weighted by Crippen LogP contribution is -2.46. The maximum absolute atomic E-state index is 10.6. The number of hydrogen-bond donors (Lipinski definition) is 2. The van der Waals surface area contributed by atoms with Gasteiger partial charge in [0, 0.05) is 50.9 Å². The Labute approximate surface area is 219 Å². The molecule has 0 aliphatic carbocycles. The molecule has 0 unspecified atom stereocenters. The Hall–Kier alpha value is -3.47. The van der Waals surface area contributed by atoms with Crippen molar-refractivity contribution in [3.05, 3.63) is 35.8 Å². The highest BCUT2D eigenvalue weighted by molar-refractivity contribution is 5.73. The number of carboxylic acid groups (broad SMARTS) is 2. The van der Waals surface area contributed by atoms with Gasteiger partial charge in [-0.2, -0.15) is 36.5 Å². The molecule has 2 aromatic rings. The number of nitrogens with zero attached hydrogens (tertiary/aromatic N) is 6. The third kappa shape index (κ3) is 10.7. The van der Waals surface area contributed by atoms with Crippen molar-refractivity contribution in [3.8, 4) is 0 Å². The van der Waals surface area contributed by atoms with E-state index in [1.54, 1.807) is 0 Å². The van der Waals surface area contributed by atoms with E-state index in [4.69, 9.17) is 24.5 Å². The number of hydrogen-bond acceptors (Lipinski definition) is 8. The summed E-state index contributed by atoms with van der Waals surface area (Å²) in [7, 11) is 1.96. The van der Waals surface area contributed by atoms with Crippen LogP contribution in [0.4, 0.5) is 32.2 Å². The van der Waals surface area contributed by atoms with E-state index in [0.717, 1.165) is 57.3 Å². The topological polar surface area (TPSA) is 134 Å². The van der Waals surface area contributed by atoms with E-state index in [0.29, 0.717) is 12.0 Å². The molecule has 4 heterocycles. The SMILES string of the molecule is Cc1ccc(N2CCO[C@@H]3CN(Cc4cnn(C)c4)CC[C@@H]3C2)nn1.O=C(O)C(F)(F)F.O=C(O)C(F)(F)F. The van der Waals surface area contributed by atoms with E-state index in [2.05, 4.69) is 37.4 Å². The summed E-state index contributed by atoms with van der Waals surface area (Å²) in [6.45, 7) is 7.65. The number of alkyl halides is 6. The molecule has 0 radical (unpaired) electrons. The van der Waals surface area contributed by atoms with E-state index >= 15 is 0 Å². The van der Waals surface area contributed by atoms with Crippen LogP contribution >= 0.6 is 0 Å². The maximum atomic E-state index is 10.6. The predicted molar refractivity (Wildman–Crippen MR) is 123 cm³/mol. The minimum atomic E-state index is -5.08. The summed E-state index contributed by atoms with van der Waals surface area (Å²) in [5.74, 6) is -4.00. The van der Waals surface area contributed by atoms with Crippen molar-refractivity contribution in [2.75, 3.05) is 37.7 Å². The Bertz CT molecular complexity index is 1050. The van der Waals surface area contributed by atoms with E-state index in [1.807, 2.05) is 30.9 Å². The summed E-state index contributed by atoms with van der Waals surface area (Å²) in [6, 6.07) is 4.10. The lowest BCUT2D eigenvalue weighted by molar-refractivity contribution is -0.193. The maximum Gasteiger partial charge on any atom is 0.490 e. The van der Waals surface area contributed by atoms with Gasteiger partial charge in [-0.05, 0) is 32.0 Å². The molecule has 2 aliphatic heterocycles. The van der Waals surface area contributed by atoms with E-state index in [1.165, 1.54) is 5.56 Å². The molecule has 0 saturated carbocycles. The number of aliphatic carboxylic acids is 2. The number of aromatic nitrogens is 4. The first-order valence-electron chi connectivity index (χ1n) is 11.5. The first-order chi connectivity index (χ1) is 18.1. The van der Waals surface area contributed by atoms with Crippen molar-refractivity contribution in [2.24, 2.45) is 13.0 Å². The van der Waals surface area contributed by atoms with E-state index in [-0.39, 0.29) is 0 Å². The molecule has 11 nitrogen and oxygen atoms in total. The summed E-state index contributed by atoms with van der Waals surface area (Å²) in [5.41, 5.74) is 2.22. The number of likely N-dealkylation sites (tertiary alicyclic amines) is 1. The fraction of sp³-hybridized carbons (Fsp3) is 0.591. The smallest absolute Gasteiger partial charge is 0.475 e. The Morgan fingerprint density at radius 1 is 1.03 bits per heavy atom. The lowest BCUT2D eigenvalue weighted by Gasteiger charge is -2.37. The van der Waals surface area contributed by atoms with Crippen LogP contribution in [0.5, 0.6) is 0 Å². The van der Waals surface area contributed by atoms with Gasteiger partial charge in [0.15, 0.2) is 5.82 Å². The van der Waals surface area contributed by atoms with Gasteiger partial charge in [-0.25, -0.2) is 9.59 Å². The number of rotatable bonds is 3. The van der Waals surface area contributed by atoms with Gasteiger partial charge in [-0.3, -0.25) is 9.58 Å². The van der Waals surface area contributed by atoms with Crippen molar-refractivity contribution >= 4 is 17.8 Å². The van der Waals surface area contributed by atoms with Crippen molar-refractivity contribution in [1.29, 1.82) is 0 Å². The predicted octanol–water partition coefficient (Wildman–Crippen LogP) is 2.51. The second-order valence-electron chi connectivity index (χ2n) is 8.80. The van der Waals surface area contributed by atoms with Crippen LogP contribution in [0.3, 0.4) is 0 Å². The summed E-state index contributed by atoms with van der Waals surface area (Å²) >= 11 is 0. The first-order valence-corrected chi connectivity index (χ1v) is 11.5. The molecular formula is C22H28F6N6O5. The van der Waals surface area contributed by atoms with Crippen molar-refractivity contribution in [2.45, 2.75) is 38.3 Å². The van der Waals surface area contributed by atoms with Gasteiger partial charge < -0.3 is 19.8 Å². The van der Waals surface area contributed by atoms with Crippen LogP contribution in [0, 0.1) is 12.8 Å². The van der Waals surface area contributed by atoms with Crippen LogP contribution in [0.1, 0.15) is 17.7 Å². The fourth-order valence-electron chi connectivity index (χ4n) is 3.84. The van der Waals surface area contributed by atoms with Gasteiger partial charge >= 0.3 is 24.3 Å². The van der Waals surface area contributed by atoms with Gasteiger partial charge in [0.1, 0.15) is 0 Å². The molecule has 17 heteroatoms. The molecule has 2 aliphatic rings. The number of fused-ring (bicyclic) bond motifs is 1. The summed E-state index contributed by atoms with van der Waals surface area (Å²) in [6.07, 6.45) is -4.66. The first kappa shape index (κ1) is 31.7. The average Bonchev–Trinajstić information content (AvgIpc) is 3.12. The third-order valence-electron chi connectivity index (χ3n) is 5.69. The van der Waals surface area contributed by atoms with E-state index in [9.17, 15) is 26.3 Å². The molecule has 2 atom stereocenters. The summed E-state index contributed by atoms with van der Waals surface area (Å²) in [5, 5.41) is 27.1. The Morgan fingerprint density at radius 3 is 2.13 bits per heavy atom. The molecule has 0 aromatic carbocycles. The Kier molecular flexibility index (Phi) is 11.0. The summed E-state index contributed by atoms with van der Waals surface area (Å²) in [4.78, 5) is 22.6. The Balaban J connectivity index is 0.000000317. The highest BCUT2D eigenvalue weighted by Crippen LogP contribution is 2.27.